The molecule has 0 unspecified atom stereocenters. The highest BCUT2D eigenvalue weighted by Crippen LogP contribution is 2.35. The van der Waals surface area contributed by atoms with E-state index in [4.69, 9.17) is 31.1 Å². The normalized spacial score (nSPS) is 11.1. The first-order valence-corrected chi connectivity index (χ1v) is 12.9. The predicted molar refractivity (Wildman–Crippen MR) is 140 cm³/mol. The van der Waals surface area contributed by atoms with E-state index in [1.807, 2.05) is 6.07 Å². The Morgan fingerprint density at radius 3 is 2.52 bits per heavy atom. The summed E-state index contributed by atoms with van der Waals surface area (Å²) >= 11 is 7.21. The van der Waals surface area contributed by atoms with Crippen molar-refractivity contribution in [3.63, 3.8) is 0 Å². The number of alkyl halides is 3. The van der Waals surface area contributed by atoms with Crippen molar-refractivity contribution in [2.45, 2.75) is 24.5 Å². The summed E-state index contributed by atoms with van der Waals surface area (Å²) in [7, 11) is 1.55. The van der Waals surface area contributed by atoms with Gasteiger partial charge in [0.15, 0.2) is 10.9 Å². The van der Waals surface area contributed by atoms with Gasteiger partial charge >= 0.3 is 6.18 Å². The summed E-state index contributed by atoms with van der Waals surface area (Å²) in [6, 6.07) is 12.6. The van der Waals surface area contributed by atoms with Crippen molar-refractivity contribution in [2.24, 2.45) is 0 Å². The Kier molecular flexibility index (Phi) is 8.81. The maximum Gasteiger partial charge on any atom is 0.437 e. The maximum atomic E-state index is 13.8. The van der Waals surface area contributed by atoms with E-state index in [9.17, 15) is 18.0 Å². The summed E-state index contributed by atoms with van der Waals surface area (Å²) in [6.45, 7) is -0.154. The lowest BCUT2D eigenvalue weighted by molar-refractivity contribution is -0.142. The Hall–Kier alpha value is -4.28. The molecule has 0 spiro atoms. The van der Waals surface area contributed by atoms with Crippen LogP contribution in [0, 0.1) is 11.3 Å². The van der Waals surface area contributed by atoms with Gasteiger partial charge in [0.25, 0.3) is 5.56 Å². The number of halogens is 4. The maximum absolute atomic E-state index is 13.8. The van der Waals surface area contributed by atoms with Gasteiger partial charge in [0.05, 0.1) is 37.2 Å². The molecule has 4 aromatic rings. The molecule has 0 saturated carbocycles. The van der Waals surface area contributed by atoms with Gasteiger partial charge < -0.3 is 14.2 Å². The lowest BCUT2D eigenvalue weighted by Gasteiger charge is -2.16. The quantitative estimate of drug-likeness (QED) is 0.178. The zero-order chi connectivity index (χ0) is 28.9. The van der Waals surface area contributed by atoms with E-state index in [0.29, 0.717) is 16.5 Å². The molecule has 0 radical (unpaired) electrons. The third-order valence-corrected chi connectivity index (χ3v) is 6.13. The van der Waals surface area contributed by atoms with E-state index < -0.39 is 23.2 Å². The van der Waals surface area contributed by atoms with Gasteiger partial charge in [-0.1, -0.05) is 35.5 Å². The Morgan fingerprint density at radius 2 is 1.88 bits per heavy atom. The molecule has 2 aromatic carbocycles. The van der Waals surface area contributed by atoms with Crippen molar-refractivity contribution in [1.82, 2.24) is 19.5 Å². The Labute approximate surface area is 235 Å². The second-order valence-corrected chi connectivity index (χ2v) is 9.28. The van der Waals surface area contributed by atoms with Gasteiger partial charge in [-0.05, 0) is 42.2 Å². The first-order valence-electron chi connectivity index (χ1n) is 11.3. The van der Waals surface area contributed by atoms with Crippen LogP contribution in [0.1, 0.15) is 22.4 Å². The zero-order valence-electron chi connectivity index (χ0n) is 20.9. The minimum Gasteiger partial charge on any atom is -0.497 e. The van der Waals surface area contributed by atoms with Crippen molar-refractivity contribution < 1.29 is 27.4 Å². The van der Waals surface area contributed by atoms with Crippen LogP contribution >= 0.6 is 23.4 Å². The largest absolute Gasteiger partial charge is 0.497 e. The fourth-order valence-electron chi connectivity index (χ4n) is 3.45. The van der Waals surface area contributed by atoms with Gasteiger partial charge in [0.1, 0.15) is 18.1 Å². The molecule has 0 bridgehead atoms. The Bertz CT molecular complexity index is 1630. The summed E-state index contributed by atoms with van der Waals surface area (Å²) in [5.41, 5.74) is -1.51. The third kappa shape index (κ3) is 6.83. The van der Waals surface area contributed by atoms with Gasteiger partial charge in [-0.15, -0.1) is 0 Å². The van der Waals surface area contributed by atoms with Crippen LogP contribution in [0.4, 0.5) is 13.2 Å². The zero-order valence-corrected chi connectivity index (χ0v) is 22.5. The van der Waals surface area contributed by atoms with Crippen LogP contribution in [0.3, 0.4) is 0 Å². The van der Waals surface area contributed by atoms with E-state index >= 15 is 0 Å². The summed E-state index contributed by atoms with van der Waals surface area (Å²) < 4.78 is 58.5. The lowest BCUT2D eigenvalue weighted by atomic mass is 10.2. The lowest BCUT2D eigenvalue weighted by Crippen LogP contribution is -2.27. The Balaban J connectivity index is 1.69. The molecular formula is C26H19ClF3N5O4S. The van der Waals surface area contributed by atoms with Crippen LogP contribution in [-0.2, 0) is 19.3 Å². The first-order chi connectivity index (χ1) is 19.1. The smallest absolute Gasteiger partial charge is 0.437 e. The molecule has 14 heteroatoms. The standard InChI is InChI=1S/C26H19ClF3N5O4S/c1-37-19-5-3-15(4-6-19)13-38-23-17(11-32-25(34-23)40-2)12-35-14-33-22(26(28,29)30)21(24(35)36)39-20-8-16(10-31)7-18(27)9-20/h3-9,11,14H,12-13H2,1-2H3. The minimum atomic E-state index is -5.00. The highest BCUT2D eigenvalue weighted by atomic mass is 35.5. The molecule has 206 valence electrons. The number of thioether (sulfide) groups is 1. The molecule has 0 amide bonds. The van der Waals surface area contributed by atoms with Crippen LogP contribution < -0.4 is 19.8 Å². The van der Waals surface area contributed by atoms with Crippen molar-refractivity contribution in [3.8, 4) is 29.2 Å². The molecule has 40 heavy (non-hydrogen) atoms. The van der Waals surface area contributed by atoms with Crippen LogP contribution in [-0.4, -0.2) is 32.9 Å². The number of methoxy groups -OCH3 is 1. The van der Waals surface area contributed by atoms with Crippen LogP contribution in [0.5, 0.6) is 23.1 Å². The second kappa shape index (κ2) is 12.3. The van der Waals surface area contributed by atoms with Crippen molar-refractivity contribution in [2.75, 3.05) is 13.4 Å². The van der Waals surface area contributed by atoms with Crippen LogP contribution in [0.2, 0.25) is 5.02 Å². The number of ether oxygens (including phenoxy) is 3. The van der Waals surface area contributed by atoms with E-state index in [2.05, 4.69) is 15.0 Å². The predicted octanol–water partition coefficient (Wildman–Crippen LogP) is 5.73. The molecule has 0 aliphatic carbocycles. The van der Waals surface area contributed by atoms with Gasteiger partial charge in [0, 0.05) is 11.2 Å². The number of nitriles is 1. The van der Waals surface area contributed by atoms with Crippen molar-refractivity contribution in [3.05, 3.63) is 92.7 Å². The molecule has 9 nitrogen and oxygen atoms in total. The molecule has 0 atom stereocenters. The average Bonchev–Trinajstić information content (AvgIpc) is 2.93. The van der Waals surface area contributed by atoms with Gasteiger partial charge in [-0.25, -0.2) is 9.97 Å². The summed E-state index contributed by atoms with van der Waals surface area (Å²) in [5.74, 6) is -0.506. The molecule has 4 rings (SSSR count). The number of nitrogens with zero attached hydrogens (tertiary/aromatic N) is 5. The fourth-order valence-corrected chi connectivity index (χ4v) is 4.00. The number of hydrogen-bond donors (Lipinski definition) is 0. The second-order valence-electron chi connectivity index (χ2n) is 8.07. The molecular weight excluding hydrogens is 571 g/mol. The number of rotatable bonds is 9. The first kappa shape index (κ1) is 28.7. The molecule has 0 saturated heterocycles. The molecule has 2 aromatic heterocycles. The molecule has 0 N–H and O–H groups in total. The highest BCUT2D eigenvalue weighted by molar-refractivity contribution is 7.98. The minimum absolute atomic E-state index is 0.0324. The van der Waals surface area contributed by atoms with E-state index in [0.717, 1.165) is 22.5 Å². The number of aromatic nitrogens is 4. The monoisotopic (exact) mass is 589 g/mol. The summed E-state index contributed by atoms with van der Waals surface area (Å²) in [5, 5.41) is 9.58. The Morgan fingerprint density at radius 1 is 1.12 bits per heavy atom. The van der Waals surface area contributed by atoms with Gasteiger partial charge in [0.2, 0.25) is 11.6 Å². The number of hydrogen-bond acceptors (Lipinski definition) is 9. The van der Waals surface area contributed by atoms with Gasteiger partial charge in [-0.3, -0.25) is 9.36 Å². The summed E-state index contributed by atoms with van der Waals surface area (Å²) in [6.07, 6.45) is -1.06. The molecule has 0 aliphatic rings. The van der Waals surface area contributed by atoms with Crippen molar-refractivity contribution in [1.29, 1.82) is 5.26 Å². The van der Waals surface area contributed by atoms with Crippen LogP contribution in [0.15, 0.2) is 64.9 Å². The van der Waals surface area contributed by atoms with E-state index in [1.54, 1.807) is 37.6 Å². The highest BCUT2D eigenvalue weighted by Gasteiger charge is 2.39. The summed E-state index contributed by atoms with van der Waals surface area (Å²) in [4.78, 5) is 25.3. The van der Waals surface area contributed by atoms with E-state index in [-0.39, 0.29) is 35.4 Å². The average molecular weight is 590 g/mol. The SMILES string of the molecule is COc1ccc(COc2nc(SC)ncc2Cn2cnc(C(F)(F)F)c(Oc3cc(Cl)cc(C#N)c3)c2=O)cc1. The number of benzene rings is 2. The molecule has 0 fully saturated rings. The molecule has 0 aliphatic heterocycles. The molecule has 2 heterocycles. The fraction of sp³-hybridized carbons (Fsp3) is 0.192. The van der Waals surface area contributed by atoms with Crippen molar-refractivity contribution >= 4 is 23.4 Å². The van der Waals surface area contributed by atoms with Crippen LogP contribution in [0.25, 0.3) is 0 Å². The van der Waals surface area contributed by atoms with E-state index in [1.165, 1.54) is 30.1 Å². The third-order valence-electron chi connectivity index (χ3n) is 5.35. The topological polar surface area (TPSA) is 112 Å². The van der Waals surface area contributed by atoms with Gasteiger partial charge in [-0.2, -0.15) is 23.4 Å².